The van der Waals surface area contributed by atoms with Crippen molar-refractivity contribution >= 4 is 22.7 Å². The number of aromatic nitrogens is 7. The number of ether oxygens (including phenoxy) is 2. The first-order chi connectivity index (χ1) is 17.0. The van der Waals surface area contributed by atoms with E-state index in [0.717, 1.165) is 5.56 Å². The molecule has 0 fully saturated rings. The molecule has 0 saturated heterocycles. The molecule has 0 amide bonds. The van der Waals surface area contributed by atoms with Crippen molar-refractivity contribution in [1.82, 2.24) is 34.7 Å². The highest BCUT2D eigenvalue weighted by Gasteiger charge is 2.27. The number of H-pyrrole nitrogens is 1. The van der Waals surface area contributed by atoms with Gasteiger partial charge in [-0.05, 0) is 19.1 Å². The molecule has 4 heterocycles. The van der Waals surface area contributed by atoms with Crippen LogP contribution in [-0.4, -0.2) is 48.9 Å². The van der Waals surface area contributed by atoms with Gasteiger partial charge in [-0.2, -0.15) is 5.10 Å². The Bertz CT molecular complexity index is 1480. The van der Waals surface area contributed by atoms with Gasteiger partial charge >= 0.3 is 0 Å². The van der Waals surface area contributed by atoms with Gasteiger partial charge in [0.15, 0.2) is 17.2 Å². The first-order valence-corrected chi connectivity index (χ1v) is 10.8. The molecule has 1 aromatic carbocycles. The summed E-state index contributed by atoms with van der Waals surface area (Å²) < 4.78 is 28.0. The molecule has 10 nitrogen and oxygen atoms in total. The number of halogens is 1. The normalized spacial score (nSPS) is 12.0. The molecule has 1 atom stereocenters. The van der Waals surface area contributed by atoms with Gasteiger partial charge in [0.2, 0.25) is 0 Å². The van der Waals surface area contributed by atoms with Crippen LogP contribution < -0.4 is 14.4 Å². The van der Waals surface area contributed by atoms with Crippen molar-refractivity contribution in [2.45, 2.75) is 13.0 Å². The third kappa shape index (κ3) is 4.12. The molecule has 1 unspecified atom stereocenters. The highest BCUT2D eigenvalue weighted by Crippen LogP contribution is 2.40. The van der Waals surface area contributed by atoms with Crippen LogP contribution in [0.1, 0.15) is 18.8 Å². The van der Waals surface area contributed by atoms with Crippen LogP contribution in [0.3, 0.4) is 0 Å². The summed E-state index contributed by atoms with van der Waals surface area (Å²) >= 11 is 0. The number of pyridine rings is 1. The Balaban J connectivity index is 1.69. The van der Waals surface area contributed by atoms with Gasteiger partial charge in [-0.15, -0.1) is 0 Å². The Hall–Kier alpha value is -4.54. The topological polar surface area (TPSA) is 107 Å². The number of rotatable bonds is 7. The van der Waals surface area contributed by atoms with Crippen LogP contribution in [0.4, 0.5) is 15.9 Å². The number of benzene rings is 1. The molecule has 0 spiro atoms. The second-order valence-corrected chi connectivity index (χ2v) is 7.85. The molecular formula is C24H23FN8O2. The molecule has 178 valence electrons. The van der Waals surface area contributed by atoms with Gasteiger partial charge in [0.25, 0.3) is 0 Å². The van der Waals surface area contributed by atoms with Crippen LogP contribution in [0.5, 0.6) is 11.5 Å². The lowest BCUT2D eigenvalue weighted by Gasteiger charge is -2.30. The average molecular weight is 475 g/mol. The van der Waals surface area contributed by atoms with Crippen LogP contribution in [0.2, 0.25) is 0 Å². The molecular weight excluding hydrogens is 451 g/mol. The fourth-order valence-corrected chi connectivity index (χ4v) is 3.87. The Morgan fingerprint density at radius 2 is 1.94 bits per heavy atom. The van der Waals surface area contributed by atoms with Crippen molar-refractivity contribution in [3.05, 3.63) is 66.9 Å². The molecule has 4 aromatic heterocycles. The number of fused-ring (bicyclic) bond motifs is 1. The zero-order chi connectivity index (χ0) is 24.5. The number of aromatic amines is 1. The van der Waals surface area contributed by atoms with E-state index in [4.69, 9.17) is 14.5 Å². The third-order valence-corrected chi connectivity index (χ3v) is 5.65. The standard InChI is InChI=1S/C24H23FN8O2/c1-14(23-26-7-8-27-23)33(19-9-16(34-3)10-20(35-4)22(19)25)21-6-5-17-24(31-21)30-18(12-28-17)15-11-29-32(2)13-15/h5-14H,1-4H3,(H,26,27). The molecule has 1 N–H and O–H groups in total. The molecule has 5 rings (SSSR count). The minimum absolute atomic E-state index is 0.0513. The Morgan fingerprint density at radius 1 is 1.09 bits per heavy atom. The van der Waals surface area contributed by atoms with Crippen LogP contribution in [0, 0.1) is 5.82 Å². The number of anilines is 2. The van der Waals surface area contributed by atoms with Crippen LogP contribution >= 0.6 is 0 Å². The highest BCUT2D eigenvalue weighted by atomic mass is 19.1. The first-order valence-electron chi connectivity index (χ1n) is 10.8. The highest BCUT2D eigenvalue weighted by molar-refractivity contribution is 5.77. The van der Waals surface area contributed by atoms with E-state index in [-0.39, 0.29) is 11.4 Å². The minimum atomic E-state index is -0.552. The van der Waals surface area contributed by atoms with E-state index in [1.165, 1.54) is 20.3 Å². The van der Waals surface area contributed by atoms with E-state index in [0.29, 0.717) is 34.2 Å². The summed E-state index contributed by atoms with van der Waals surface area (Å²) in [6.45, 7) is 1.90. The number of imidazole rings is 1. The lowest BCUT2D eigenvalue weighted by Crippen LogP contribution is -2.25. The summed E-state index contributed by atoms with van der Waals surface area (Å²) in [4.78, 5) is 23.1. The summed E-state index contributed by atoms with van der Waals surface area (Å²) in [5, 5.41) is 4.20. The van der Waals surface area contributed by atoms with Crippen molar-refractivity contribution in [2.24, 2.45) is 7.05 Å². The number of methoxy groups -OCH3 is 2. The summed E-state index contributed by atoms with van der Waals surface area (Å²) in [6.07, 6.45) is 8.60. The molecule has 0 aliphatic rings. The summed E-state index contributed by atoms with van der Waals surface area (Å²) in [5.74, 6) is 1.02. The number of nitrogens with zero attached hydrogens (tertiary/aromatic N) is 7. The van der Waals surface area contributed by atoms with Crippen molar-refractivity contribution in [3.8, 4) is 22.8 Å². The van der Waals surface area contributed by atoms with Crippen molar-refractivity contribution < 1.29 is 13.9 Å². The fourth-order valence-electron chi connectivity index (χ4n) is 3.87. The SMILES string of the molecule is COc1cc(OC)c(F)c(N(c2ccc3ncc(-c4cnn(C)c4)nc3n2)C(C)c2ncc[nH]2)c1. The Kier molecular flexibility index (Phi) is 5.73. The van der Waals surface area contributed by atoms with Crippen molar-refractivity contribution in [2.75, 3.05) is 19.1 Å². The van der Waals surface area contributed by atoms with Crippen molar-refractivity contribution in [1.29, 1.82) is 0 Å². The molecule has 0 radical (unpaired) electrons. The maximum absolute atomic E-state index is 15.6. The van der Waals surface area contributed by atoms with E-state index in [9.17, 15) is 0 Å². The first kappa shape index (κ1) is 22.3. The number of hydrogen-bond donors (Lipinski definition) is 1. The second kappa shape index (κ2) is 9.01. The molecule has 5 aromatic rings. The quantitative estimate of drug-likeness (QED) is 0.374. The van der Waals surface area contributed by atoms with E-state index >= 15 is 4.39 Å². The van der Waals surface area contributed by atoms with Crippen LogP contribution in [0.15, 0.2) is 55.2 Å². The lowest BCUT2D eigenvalue weighted by atomic mass is 10.1. The summed E-state index contributed by atoms with van der Waals surface area (Å²) in [5.41, 5.74) is 2.69. The van der Waals surface area contributed by atoms with E-state index in [1.54, 1.807) is 52.6 Å². The smallest absolute Gasteiger partial charge is 0.188 e. The van der Waals surface area contributed by atoms with Gasteiger partial charge < -0.3 is 19.4 Å². The molecule has 0 saturated carbocycles. The Morgan fingerprint density at radius 3 is 2.63 bits per heavy atom. The lowest BCUT2D eigenvalue weighted by molar-refractivity contribution is 0.374. The van der Waals surface area contributed by atoms with Gasteiger partial charge in [-0.3, -0.25) is 9.67 Å². The van der Waals surface area contributed by atoms with Crippen LogP contribution in [0.25, 0.3) is 22.4 Å². The fraction of sp³-hybridized carbons (Fsp3) is 0.208. The van der Waals surface area contributed by atoms with E-state index < -0.39 is 11.9 Å². The van der Waals surface area contributed by atoms with Gasteiger partial charge in [0.1, 0.15) is 22.9 Å². The van der Waals surface area contributed by atoms with E-state index in [1.807, 2.05) is 20.2 Å². The zero-order valence-electron chi connectivity index (χ0n) is 19.6. The predicted octanol–water partition coefficient (Wildman–Crippen LogP) is 4.20. The molecule has 35 heavy (non-hydrogen) atoms. The summed E-state index contributed by atoms with van der Waals surface area (Å²) in [6, 6.07) is 6.24. The zero-order valence-corrected chi connectivity index (χ0v) is 19.6. The second-order valence-electron chi connectivity index (χ2n) is 7.85. The Labute approximate surface area is 200 Å². The maximum Gasteiger partial charge on any atom is 0.188 e. The van der Waals surface area contributed by atoms with Gasteiger partial charge in [-0.25, -0.2) is 19.3 Å². The van der Waals surface area contributed by atoms with Crippen molar-refractivity contribution in [3.63, 3.8) is 0 Å². The minimum Gasteiger partial charge on any atom is -0.497 e. The predicted molar refractivity (Wildman–Crippen MR) is 128 cm³/mol. The number of nitrogens with one attached hydrogen (secondary N) is 1. The number of hydrogen-bond acceptors (Lipinski definition) is 8. The molecule has 0 aliphatic carbocycles. The maximum atomic E-state index is 15.6. The van der Waals surface area contributed by atoms with Gasteiger partial charge in [-0.1, -0.05) is 0 Å². The summed E-state index contributed by atoms with van der Waals surface area (Å²) in [7, 11) is 4.76. The molecule has 0 aliphatic heterocycles. The molecule has 11 heteroatoms. The third-order valence-electron chi connectivity index (χ3n) is 5.65. The van der Waals surface area contributed by atoms with Gasteiger partial charge in [0, 0.05) is 43.3 Å². The van der Waals surface area contributed by atoms with Crippen LogP contribution in [-0.2, 0) is 7.05 Å². The average Bonchev–Trinajstić information content (AvgIpc) is 3.57. The van der Waals surface area contributed by atoms with Gasteiger partial charge in [0.05, 0.1) is 44.0 Å². The van der Waals surface area contributed by atoms with E-state index in [2.05, 4.69) is 25.0 Å². The number of aryl methyl sites for hydroxylation is 1. The molecule has 0 bridgehead atoms. The largest absolute Gasteiger partial charge is 0.497 e. The monoisotopic (exact) mass is 474 g/mol.